The molecule has 3 aromatic rings. The molecule has 0 N–H and O–H groups in total. The molecule has 1 aliphatic carbocycles. The van der Waals surface area contributed by atoms with Crippen LogP contribution < -0.4 is 4.90 Å². The van der Waals surface area contributed by atoms with Crippen molar-refractivity contribution in [2.75, 3.05) is 37.6 Å². The molecule has 35 heavy (non-hydrogen) atoms. The van der Waals surface area contributed by atoms with Crippen LogP contribution in [0.4, 0.5) is 5.69 Å². The Labute approximate surface area is 213 Å². The lowest BCUT2D eigenvalue weighted by Crippen LogP contribution is -2.37. The Bertz CT molecular complexity index is 1160. The Morgan fingerprint density at radius 3 is 2.20 bits per heavy atom. The summed E-state index contributed by atoms with van der Waals surface area (Å²) in [5.74, 6) is 0.606. The highest BCUT2D eigenvalue weighted by molar-refractivity contribution is 5.96. The Kier molecular flexibility index (Phi) is 7.90. The summed E-state index contributed by atoms with van der Waals surface area (Å²) in [6.45, 7) is 23.6. The monoisotopic (exact) mass is 474 g/mol. The van der Waals surface area contributed by atoms with E-state index in [-0.39, 0.29) is 0 Å². The average Bonchev–Trinajstić information content (AvgIpc) is 3.11. The summed E-state index contributed by atoms with van der Waals surface area (Å²) < 4.78 is 2.54. The third kappa shape index (κ3) is 5.14. The molecule has 0 bridgehead atoms. The number of anilines is 1. The number of nitrogens with zero attached hydrogens (tertiary/aromatic N) is 4. The number of hydrogen-bond acceptors (Lipinski definition) is 3. The van der Waals surface area contributed by atoms with Crippen molar-refractivity contribution in [1.82, 2.24) is 14.5 Å². The van der Waals surface area contributed by atoms with Gasteiger partial charge in [-0.25, -0.2) is 4.98 Å². The third-order valence-corrected chi connectivity index (χ3v) is 7.70. The van der Waals surface area contributed by atoms with Crippen molar-refractivity contribution in [3.63, 3.8) is 0 Å². The van der Waals surface area contributed by atoms with Crippen molar-refractivity contribution in [2.45, 2.75) is 81.1 Å². The Hall–Kier alpha value is -2.33. The largest absolute Gasteiger partial charge is 0.369 e. The molecule has 0 fully saturated rings. The molecule has 0 atom stereocenters. The molecule has 0 spiro atoms. The summed E-state index contributed by atoms with van der Waals surface area (Å²) in [6.07, 6.45) is 4.83. The van der Waals surface area contributed by atoms with E-state index in [2.05, 4.69) is 88.0 Å². The molecule has 1 aliphatic rings. The second kappa shape index (κ2) is 10.7. The van der Waals surface area contributed by atoms with Gasteiger partial charge in [0.2, 0.25) is 0 Å². The van der Waals surface area contributed by atoms with E-state index in [1.54, 1.807) is 5.56 Å². The molecule has 4 nitrogen and oxygen atoms in total. The van der Waals surface area contributed by atoms with Crippen LogP contribution in [-0.2, 0) is 12.8 Å². The van der Waals surface area contributed by atoms with E-state index < -0.39 is 0 Å². The van der Waals surface area contributed by atoms with Crippen LogP contribution >= 0.6 is 0 Å². The number of pyridine rings is 1. The van der Waals surface area contributed by atoms with Crippen molar-refractivity contribution in [3.8, 4) is 5.69 Å². The highest BCUT2D eigenvalue weighted by atomic mass is 15.2. The predicted octanol–water partition coefficient (Wildman–Crippen LogP) is 6.94. The van der Waals surface area contributed by atoms with Gasteiger partial charge in [-0.3, -0.25) is 4.57 Å². The summed E-state index contributed by atoms with van der Waals surface area (Å²) in [5.41, 5.74) is 12.1. The molecule has 1 aromatic carbocycles. The molecular weight excluding hydrogens is 428 g/mol. The first-order chi connectivity index (χ1) is 16.7. The van der Waals surface area contributed by atoms with Gasteiger partial charge in [-0.15, -0.1) is 0 Å². The molecule has 0 saturated heterocycles. The van der Waals surface area contributed by atoms with E-state index in [0.29, 0.717) is 5.92 Å². The Morgan fingerprint density at radius 2 is 1.57 bits per heavy atom. The summed E-state index contributed by atoms with van der Waals surface area (Å²) in [4.78, 5) is 10.4. The Morgan fingerprint density at radius 1 is 0.914 bits per heavy atom. The van der Waals surface area contributed by atoms with Gasteiger partial charge >= 0.3 is 0 Å². The molecule has 0 saturated carbocycles. The molecule has 4 heteroatoms. The minimum Gasteiger partial charge on any atom is -0.369 e. The SMILES string of the molecule is CCN(CC)CCN(CC(C)C)c1cc(C)nc2c1c1c(n2-c2c(C)cc(C)cc2C)CCCC1. The molecule has 2 aromatic heterocycles. The van der Waals surface area contributed by atoms with Crippen molar-refractivity contribution in [3.05, 3.63) is 51.8 Å². The molecular formula is C31H46N4. The quantitative estimate of drug-likeness (QED) is 0.336. The van der Waals surface area contributed by atoms with Crippen molar-refractivity contribution < 1.29 is 0 Å². The highest BCUT2D eigenvalue weighted by Crippen LogP contribution is 2.40. The minimum absolute atomic E-state index is 0.606. The molecule has 190 valence electrons. The fraction of sp³-hybridized carbons (Fsp3) is 0.581. The van der Waals surface area contributed by atoms with Gasteiger partial charge in [0.05, 0.1) is 5.69 Å². The lowest BCUT2D eigenvalue weighted by atomic mass is 9.94. The number of rotatable bonds is 9. The minimum atomic E-state index is 0.606. The van der Waals surface area contributed by atoms with E-state index in [1.807, 2.05) is 0 Å². The summed E-state index contributed by atoms with van der Waals surface area (Å²) >= 11 is 0. The maximum absolute atomic E-state index is 5.24. The van der Waals surface area contributed by atoms with E-state index in [9.17, 15) is 0 Å². The maximum Gasteiger partial charge on any atom is 0.147 e. The molecule has 4 rings (SSSR count). The zero-order chi connectivity index (χ0) is 25.3. The van der Waals surface area contributed by atoms with Crippen LogP contribution in [-0.4, -0.2) is 47.2 Å². The van der Waals surface area contributed by atoms with Gasteiger partial charge in [0, 0.05) is 42.1 Å². The average molecular weight is 475 g/mol. The summed E-state index contributed by atoms with van der Waals surface area (Å²) in [5, 5.41) is 1.41. The van der Waals surface area contributed by atoms with Crippen LogP contribution in [0.3, 0.4) is 0 Å². The van der Waals surface area contributed by atoms with Gasteiger partial charge < -0.3 is 9.80 Å². The molecule has 0 unspecified atom stereocenters. The van der Waals surface area contributed by atoms with Crippen LogP contribution in [0.1, 0.15) is 74.2 Å². The number of benzene rings is 1. The number of aryl methyl sites for hydroxylation is 5. The first kappa shape index (κ1) is 25.8. The second-order valence-corrected chi connectivity index (χ2v) is 11.1. The number of likely N-dealkylation sites (N-methyl/N-ethyl adjacent to an activating group) is 1. The van der Waals surface area contributed by atoms with E-state index >= 15 is 0 Å². The van der Waals surface area contributed by atoms with Crippen LogP contribution in [0.5, 0.6) is 0 Å². The first-order valence-electron chi connectivity index (χ1n) is 13.8. The molecule has 0 radical (unpaired) electrons. The fourth-order valence-electron chi connectivity index (χ4n) is 6.19. The lowest BCUT2D eigenvalue weighted by Gasteiger charge is -2.31. The maximum atomic E-state index is 5.24. The normalized spacial score (nSPS) is 13.8. The lowest BCUT2D eigenvalue weighted by molar-refractivity contribution is 0.308. The van der Waals surface area contributed by atoms with Crippen molar-refractivity contribution in [2.24, 2.45) is 5.92 Å². The molecule has 2 heterocycles. The summed E-state index contributed by atoms with van der Waals surface area (Å²) in [6, 6.07) is 7.02. The van der Waals surface area contributed by atoms with Crippen LogP contribution in [0, 0.1) is 33.6 Å². The van der Waals surface area contributed by atoms with Gasteiger partial charge in [-0.05, 0) is 95.1 Å². The fourth-order valence-corrected chi connectivity index (χ4v) is 6.19. The van der Waals surface area contributed by atoms with Crippen molar-refractivity contribution >= 4 is 16.7 Å². The van der Waals surface area contributed by atoms with Gasteiger partial charge in [0.1, 0.15) is 5.65 Å². The van der Waals surface area contributed by atoms with E-state index in [4.69, 9.17) is 4.98 Å². The van der Waals surface area contributed by atoms with Crippen molar-refractivity contribution in [1.29, 1.82) is 0 Å². The van der Waals surface area contributed by atoms with Gasteiger partial charge in [-0.1, -0.05) is 45.4 Å². The predicted molar refractivity (Wildman–Crippen MR) is 151 cm³/mol. The molecule has 0 amide bonds. The van der Waals surface area contributed by atoms with Crippen LogP contribution in [0.15, 0.2) is 18.2 Å². The Balaban J connectivity index is 1.97. The van der Waals surface area contributed by atoms with E-state index in [0.717, 1.165) is 51.3 Å². The summed E-state index contributed by atoms with van der Waals surface area (Å²) in [7, 11) is 0. The topological polar surface area (TPSA) is 24.3 Å². The van der Waals surface area contributed by atoms with Gasteiger partial charge in [0.15, 0.2) is 0 Å². The van der Waals surface area contributed by atoms with Gasteiger partial charge in [-0.2, -0.15) is 0 Å². The van der Waals surface area contributed by atoms with E-state index in [1.165, 1.54) is 57.6 Å². The first-order valence-corrected chi connectivity index (χ1v) is 13.8. The van der Waals surface area contributed by atoms with Crippen LogP contribution in [0.25, 0.3) is 16.7 Å². The van der Waals surface area contributed by atoms with Gasteiger partial charge in [0.25, 0.3) is 0 Å². The number of hydrogen-bond donors (Lipinski definition) is 0. The highest BCUT2D eigenvalue weighted by Gasteiger charge is 2.27. The standard InChI is InChI=1S/C31H46N4/c1-9-33(10-2)15-16-34(20-21(3)4)28-19-25(8)32-31-29(28)26-13-11-12-14-27(26)35(31)30-23(6)17-22(5)18-24(30)7/h17-19,21H,9-16,20H2,1-8H3. The molecule has 0 aliphatic heterocycles. The third-order valence-electron chi connectivity index (χ3n) is 7.70. The number of aromatic nitrogens is 2. The zero-order valence-electron chi connectivity index (χ0n) is 23.5. The van der Waals surface area contributed by atoms with Crippen LogP contribution in [0.2, 0.25) is 0 Å². The zero-order valence-corrected chi connectivity index (χ0v) is 23.5. The second-order valence-electron chi connectivity index (χ2n) is 11.1. The smallest absolute Gasteiger partial charge is 0.147 e. The number of fused-ring (bicyclic) bond motifs is 3.